The van der Waals surface area contributed by atoms with Crippen molar-refractivity contribution in [1.29, 1.82) is 0 Å². The van der Waals surface area contributed by atoms with Crippen molar-refractivity contribution in [3.63, 3.8) is 0 Å². The number of fused-ring (bicyclic) bond motifs is 1. The van der Waals surface area contributed by atoms with Crippen LogP contribution in [0.2, 0.25) is 0 Å². The van der Waals surface area contributed by atoms with Crippen molar-refractivity contribution in [2.45, 2.75) is 13.5 Å². The number of pyridine rings is 1. The normalized spacial score (nSPS) is 11.8. The summed E-state index contributed by atoms with van der Waals surface area (Å²) in [7, 11) is 0. The van der Waals surface area contributed by atoms with Gasteiger partial charge >= 0.3 is 0 Å². The van der Waals surface area contributed by atoms with Gasteiger partial charge in [-0.3, -0.25) is 14.6 Å². The molecule has 7 nitrogen and oxygen atoms in total. The third kappa shape index (κ3) is 4.19. The average molecular weight is 389 g/mol. The second-order valence-corrected chi connectivity index (χ2v) is 6.55. The molecule has 0 atom stereocenters. The molecular weight excluding hydrogens is 370 g/mol. The molecule has 146 valence electrons. The SMILES string of the molecule is CC(=O)Nc1cccc(C(=O)N(Cc2cccnc2)c2ccc3c(c2)OCO3)c1. The molecule has 2 amide bonds. The van der Waals surface area contributed by atoms with E-state index in [-0.39, 0.29) is 18.6 Å². The predicted molar refractivity (Wildman–Crippen MR) is 108 cm³/mol. The summed E-state index contributed by atoms with van der Waals surface area (Å²) >= 11 is 0. The Kier molecular flexibility index (Phi) is 5.11. The van der Waals surface area contributed by atoms with E-state index in [0.717, 1.165) is 5.56 Å². The van der Waals surface area contributed by atoms with Crippen molar-refractivity contribution in [1.82, 2.24) is 4.98 Å². The first-order valence-corrected chi connectivity index (χ1v) is 9.08. The highest BCUT2D eigenvalue weighted by Gasteiger charge is 2.22. The molecule has 0 saturated heterocycles. The molecule has 0 spiro atoms. The first-order valence-electron chi connectivity index (χ1n) is 9.08. The summed E-state index contributed by atoms with van der Waals surface area (Å²) in [6.45, 7) is 1.92. The van der Waals surface area contributed by atoms with Crippen molar-refractivity contribution < 1.29 is 19.1 Å². The van der Waals surface area contributed by atoms with Crippen LogP contribution in [0.25, 0.3) is 0 Å². The van der Waals surface area contributed by atoms with Gasteiger partial charge in [-0.2, -0.15) is 0 Å². The van der Waals surface area contributed by atoms with Crippen LogP contribution in [0, 0.1) is 0 Å². The monoisotopic (exact) mass is 389 g/mol. The van der Waals surface area contributed by atoms with Crippen LogP contribution in [0.15, 0.2) is 67.0 Å². The third-order valence-corrected chi connectivity index (χ3v) is 4.41. The Morgan fingerprint density at radius 1 is 1.07 bits per heavy atom. The lowest BCUT2D eigenvalue weighted by Gasteiger charge is -2.23. The number of ether oxygens (including phenoxy) is 2. The summed E-state index contributed by atoms with van der Waals surface area (Å²) < 4.78 is 10.8. The molecule has 0 bridgehead atoms. The molecule has 2 aromatic carbocycles. The average Bonchev–Trinajstić information content (AvgIpc) is 3.20. The highest BCUT2D eigenvalue weighted by atomic mass is 16.7. The number of hydrogen-bond donors (Lipinski definition) is 1. The largest absolute Gasteiger partial charge is 0.454 e. The highest BCUT2D eigenvalue weighted by molar-refractivity contribution is 6.07. The number of carbonyl (C=O) groups excluding carboxylic acids is 2. The van der Waals surface area contributed by atoms with E-state index in [4.69, 9.17) is 9.47 Å². The van der Waals surface area contributed by atoms with Gasteiger partial charge in [-0.15, -0.1) is 0 Å². The Balaban J connectivity index is 1.70. The van der Waals surface area contributed by atoms with Crippen molar-refractivity contribution in [2.24, 2.45) is 0 Å². The molecule has 1 N–H and O–H groups in total. The first kappa shape index (κ1) is 18.5. The van der Waals surface area contributed by atoms with Gasteiger partial charge < -0.3 is 19.7 Å². The second-order valence-electron chi connectivity index (χ2n) is 6.55. The molecule has 4 rings (SSSR count). The van der Waals surface area contributed by atoms with E-state index >= 15 is 0 Å². The fraction of sp³-hybridized carbons (Fsp3) is 0.136. The zero-order valence-corrected chi connectivity index (χ0v) is 15.8. The maximum absolute atomic E-state index is 13.4. The molecule has 1 aliphatic heterocycles. The van der Waals surface area contributed by atoms with Crippen molar-refractivity contribution in [3.8, 4) is 11.5 Å². The van der Waals surface area contributed by atoms with E-state index in [1.807, 2.05) is 18.2 Å². The van der Waals surface area contributed by atoms with Crippen molar-refractivity contribution in [3.05, 3.63) is 78.1 Å². The number of benzene rings is 2. The molecule has 0 unspecified atom stereocenters. The van der Waals surface area contributed by atoms with E-state index in [0.29, 0.717) is 35.0 Å². The molecule has 3 aromatic rings. The Labute approximate surface area is 167 Å². The number of rotatable bonds is 5. The van der Waals surface area contributed by atoms with Crippen LogP contribution in [0.5, 0.6) is 11.5 Å². The van der Waals surface area contributed by atoms with E-state index in [9.17, 15) is 9.59 Å². The quantitative estimate of drug-likeness (QED) is 0.721. The van der Waals surface area contributed by atoms with Gasteiger partial charge in [-0.05, 0) is 42.0 Å². The molecule has 29 heavy (non-hydrogen) atoms. The van der Waals surface area contributed by atoms with E-state index in [2.05, 4.69) is 10.3 Å². The number of hydrogen-bond acceptors (Lipinski definition) is 5. The van der Waals surface area contributed by atoms with Crippen LogP contribution in [-0.2, 0) is 11.3 Å². The maximum atomic E-state index is 13.4. The van der Waals surface area contributed by atoms with Crippen LogP contribution >= 0.6 is 0 Å². The first-order chi connectivity index (χ1) is 14.1. The van der Waals surface area contributed by atoms with Gasteiger partial charge in [0.2, 0.25) is 12.7 Å². The summed E-state index contributed by atoms with van der Waals surface area (Å²) in [5.74, 6) is 0.839. The minimum atomic E-state index is -0.208. The Morgan fingerprint density at radius 2 is 1.93 bits per heavy atom. The van der Waals surface area contributed by atoms with Crippen molar-refractivity contribution in [2.75, 3.05) is 17.0 Å². The molecule has 0 fully saturated rings. The van der Waals surface area contributed by atoms with E-state index in [1.54, 1.807) is 53.7 Å². The van der Waals surface area contributed by atoms with Gasteiger partial charge in [0.05, 0.1) is 6.54 Å². The van der Waals surface area contributed by atoms with Crippen LogP contribution < -0.4 is 19.7 Å². The van der Waals surface area contributed by atoms with Crippen LogP contribution in [-0.4, -0.2) is 23.6 Å². The second kappa shape index (κ2) is 8.02. The Hall–Kier alpha value is -3.87. The minimum Gasteiger partial charge on any atom is -0.454 e. The smallest absolute Gasteiger partial charge is 0.258 e. The molecule has 0 aliphatic carbocycles. The van der Waals surface area contributed by atoms with Gasteiger partial charge in [0, 0.05) is 42.3 Å². The van der Waals surface area contributed by atoms with Gasteiger partial charge in [0.15, 0.2) is 11.5 Å². The number of aromatic nitrogens is 1. The third-order valence-electron chi connectivity index (χ3n) is 4.41. The molecule has 1 aromatic heterocycles. The molecule has 0 saturated carbocycles. The molecule has 0 radical (unpaired) electrons. The van der Waals surface area contributed by atoms with Gasteiger partial charge in [-0.1, -0.05) is 12.1 Å². The minimum absolute atomic E-state index is 0.161. The van der Waals surface area contributed by atoms with E-state index < -0.39 is 0 Å². The molecule has 2 heterocycles. The topological polar surface area (TPSA) is 80.8 Å². The standard InChI is InChI=1S/C22H19N3O4/c1-15(26)24-18-6-2-5-17(10-18)22(27)25(13-16-4-3-9-23-12-16)19-7-8-20-21(11-19)29-14-28-20/h2-12H,13-14H2,1H3,(H,24,26). The molecule has 7 heteroatoms. The summed E-state index contributed by atoms with van der Waals surface area (Å²) in [6, 6.07) is 16.0. The molecule has 1 aliphatic rings. The van der Waals surface area contributed by atoms with Crippen molar-refractivity contribution >= 4 is 23.2 Å². The lowest BCUT2D eigenvalue weighted by atomic mass is 10.1. The number of nitrogens with one attached hydrogen (secondary N) is 1. The zero-order valence-electron chi connectivity index (χ0n) is 15.8. The summed E-state index contributed by atoms with van der Waals surface area (Å²) in [5, 5.41) is 2.71. The van der Waals surface area contributed by atoms with Gasteiger partial charge in [-0.25, -0.2) is 0 Å². The fourth-order valence-corrected chi connectivity index (χ4v) is 3.10. The molecular formula is C22H19N3O4. The summed E-state index contributed by atoms with van der Waals surface area (Å²) in [6.07, 6.45) is 3.41. The van der Waals surface area contributed by atoms with Crippen LogP contribution in [0.3, 0.4) is 0 Å². The maximum Gasteiger partial charge on any atom is 0.258 e. The predicted octanol–water partition coefficient (Wildman–Crippen LogP) is 3.62. The number of amides is 2. The summed E-state index contributed by atoms with van der Waals surface area (Å²) in [4.78, 5) is 30.6. The Morgan fingerprint density at radius 3 is 2.72 bits per heavy atom. The highest BCUT2D eigenvalue weighted by Crippen LogP contribution is 2.36. The van der Waals surface area contributed by atoms with E-state index in [1.165, 1.54) is 6.92 Å². The van der Waals surface area contributed by atoms with Gasteiger partial charge in [0.1, 0.15) is 0 Å². The fourth-order valence-electron chi connectivity index (χ4n) is 3.10. The lowest BCUT2D eigenvalue weighted by molar-refractivity contribution is -0.114. The van der Waals surface area contributed by atoms with Crippen LogP contribution in [0.1, 0.15) is 22.8 Å². The summed E-state index contributed by atoms with van der Waals surface area (Å²) in [5.41, 5.74) is 2.58. The Bertz CT molecular complexity index is 1050. The van der Waals surface area contributed by atoms with Crippen LogP contribution in [0.4, 0.5) is 11.4 Å². The zero-order chi connectivity index (χ0) is 20.2. The number of carbonyl (C=O) groups is 2. The number of nitrogens with zero attached hydrogens (tertiary/aromatic N) is 2. The lowest BCUT2D eigenvalue weighted by Crippen LogP contribution is -2.30. The number of anilines is 2. The van der Waals surface area contributed by atoms with Gasteiger partial charge in [0.25, 0.3) is 5.91 Å².